The molecule has 0 radical (unpaired) electrons. The Morgan fingerprint density at radius 3 is 2.44 bits per heavy atom. The molecule has 1 unspecified atom stereocenters. The molecule has 0 saturated carbocycles. The lowest BCUT2D eigenvalue weighted by Crippen LogP contribution is -1.88. The first kappa shape index (κ1) is 6.85. The summed E-state index contributed by atoms with van der Waals surface area (Å²) in [6.45, 7) is 6.85. The summed E-state index contributed by atoms with van der Waals surface area (Å²) in [4.78, 5) is 0. The van der Waals surface area contributed by atoms with Crippen LogP contribution in [0.25, 0.3) is 0 Å². The molecule has 0 aromatic carbocycles. The minimum atomic E-state index is 0.884. The maximum absolute atomic E-state index is 2.34. The highest BCUT2D eigenvalue weighted by Crippen LogP contribution is 2.38. The minimum Gasteiger partial charge on any atom is -0.0695 e. The zero-order valence-electron chi connectivity index (χ0n) is 6.70. The summed E-state index contributed by atoms with van der Waals surface area (Å²) in [5.74, 6) is 0.884. The van der Waals surface area contributed by atoms with Crippen LogP contribution in [0.4, 0.5) is 0 Å². The van der Waals surface area contributed by atoms with Crippen LogP contribution in [0.5, 0.6) is 0 Å². The molecule has 0 saturated heterocycles. The van der Waals surface area contributed by atoms with Crippen LogP contribution < -0.4 is 0 Å². The van der Waals surface area contributed by atoms with E-state index in [9.17, 15) is 0 Å². The van der Waals surface area contributed by atoms with Crippen molar-refractivity contribution in [3.63, 3.8) is 0 Å². The van der Waals surface area contributed by atoms with Crippen LogP contribution in [0.1, 0.15) is 40.0 Å². The molecule has 0 aromatic rings. The van der Waals surface area contributed by atoms with Gasteiger partial charge in [0.1, 0.15) is 0 Å². The third-order valence-electron chi connectivity index (χ3n) is 2.20. The van der Waals surface area contributed by atoms with Gasteiger partial charge in [0.05, 0.1) is 0 Å². The Kier molecular flexibility index (Phi) is 1.94. The van der Waals surface area contributed by atoms with Crippen molar-refractivity contribution in [2.24, 2.45) is 5.92 Å². The van der Waals surface area contributed by atoms with Gasteiger partial charge in [-0.1, -0.05) is 31.4 Å². The van der Waals surface area contributed by atoms with E-state index in [0.29, 0.717) is 0 Å². The molecule has 0 fully saturated rings. The van der Waals surface area contributed by atoms with E-state index < -0.39 is 0 Å². The molecule has 1 rings (SSSR count). The SMILES string of the molecule is CCCC(C)C1=C(C)C1. The topological polar surface area (TPSA) is 0 Å². The number of hydrogen-bond acceptors (Lipinski definition) is 0. The summed E-state index contributed by atoms with van der Waals surface area (Å²) >= 11 is 0. The third-order valence-corrected chi connectivity index (χ3v) is 2.20. The molecule has 1 atom stereocenters. The van der Waals surface area contributed by atoms with Gasteiger partial charge in [0.15, 0.2) is 0 Å². The second kappa shape index (κ2) is 2.55. The van der Waals surface area contributed by atoms with Gasteiger partial charge in [-0.25, -0.2) is 0 Å². The molecule has 0 aromatic heterocycles. The number of rotatable bonds is 3. The van der Waals surface area contributed by atoms with E-state index in [1.54, 1.807) is 11.1 Å². The molecule has 0 N–H and O–H groups in total. The molecule has 1 aliphatic carbocycles. The fraction of sp³-hybridized carbons (Fsp3) is 0.778. The molecule has 1 aliphatic rings. The average Bonchev–Trinajstić information content (AvgIpc) is 2.47. The van der Waals surface area contributed by atoms with Gasteiger partial charge >= 0.3 is 0 Å². The smallest absolute Gasteiger partial charge is 0.0103 e. The largest absolute Gasteiger partial charge is 0.0695 e. The van der Waals surface area contributed by atoms with E-state index in [1.165, 1.54) is 19.3 Å². The van der Waals surface area contributed by atoms with Crippen LogP contribution in [0.3, 0.4) is 0 Å². The van der Waals surface area contributed by atoms with Gasteiger partial charge in [-0.15, -0.1) is 0 Å². The van der Waals surface area contributed by atoms with E-state index in [4.69, 9.17) is 0 Å². The Balaban J connectivity index is 2.27. The molecule has 0 bridgehead atoms. The summed E-state index contributed by atoms with van der Waals surface area (Å²) in [7, 11) is 0. The molecule has 0 heteroatoms. The second-order valence-electron chi connectivity index (χ2n) is 3.17. The highest BCUT2D eigenvalue weighted by atomic mass is 14.3. The highest BCUT2D eigenvalue weighted by molar-refractivity contribution is 5.34. The Morgan fingerprint density at radius 2 is 2.11 bits per heavy atom. The van der Waals surface area contributed by atoms with Crippen molar-refractivity contribution in [2.45, 2.75) is 40.0 Å². The standard InChI is InChI=1S/C9H16/c1-4-5-7(2)9-6-8(9)3/h7H,4-6H2,1-3H3. The summed E-state index contributed by atoms with van der Waals surface area (Å²) in [5.41, 5.74) is 3.38. The van der Waals surface area contributed by atoms with Gasteiger partial charge in [-0.3, -0.25) is 0 Å². The Morgan fingerprint density at radius 1 is 1.56 bits per heavy atom. The second-order valence-corrected chi connectivity index (χ2v) is 3.17. The molecular weight excluding hydrogens is 108 g/mol. The average molecular weight is 124 g/mol. The van der Waals surface area contributed by atoms with Crippen LogP contribution in [0, 0.1) is 5.92 Å². The zero-order valence-corrected chi connectivity index (χ0v) is 6.70. The molecule has 0 heterocycles. The maximum Gasteiger partial charge on any atom is -0.0103 e. The van der Waals surface area contributed by atoms with E-state index in [1.807, 2.05) is 0 Å². The molecular formula is C9H16. The van der Waals surface area contributed by atoms with Gasteiger partial charge < -0.3 is 0 Å². The lowest BCUT2D eigenvalue weighted by atomic mass is 10.0. The Hall–Kier alpha value is -0.260. The van der Waals surface area contributed by atoms with Crippen LogP contribution >= 0.6 is 0 Å². The van der Waals surface area contributed by atoms with Gasteiger partial charge in [-0.2, -0.15) is 0 Å². The van der Waals surface area contributed by atoms with Crippen molar-refractivity contribution in [3.05, 3.63) is 11.1 Å². The van der Waals surface area contributed by atoms with Crippen molar-refractivity contribution >= 4 is 0 Å². The lowest BCUT2D eigenvalue weighted by molar-refractivity contribution is 0.614. The van der Waals surface area contributed by atoms with Crippen molar-refractivity contribution in [1.82, 2.24) is 0 Å². The predicted molar refractivity (Wildman–Crippen MR) is 41.4 cm³/mol. The van der Waals surface area contributed by atoms with Crippen molar-refractivity contribution < 1.29 is 0 Å². The van der Waals surface area contributed by atoms with Crippen molar-refractivity contribution in [1.29, 1.82) is 0 Å². The van der Waals surface area contributed by atoms with E-state index >= 15 is 0 Å². The Labute approximate surface area is 58.0 Å². The first-order valence-electron chi connectivity index (χ1n) is 3.94. The zero-order chi connectivity index (χ0) is 6.85. The summed E-state index contributed by atoms with van der Waals surface area (Å²) in [5, 5.41) is 0. The molecule has 0 spiro atoms. The highest BCUT2D eigenvalue weighted by Gasteiger charge is 2.21. The summed E-state index contributed by atoms with van der Waals surface area (Å²) in [6, 6.07) is 0. The molecule has 0 aliphatic heterocycles. The van der Waals surface area contributed by atoms with Crippen LogP contribution in [-0.4, -0.2) is 0 Å². The van der Waals surface area contributed by atoms with Crippen LogP contribution in [-0.2, 0) is 0 Å². The quantitative estimate of drug-likeness (QED) is 0.507. The molecule has 0 amide bonds. The predicted octanol–water partition coefficient (Wildman–Crippen LogP) is 3.14. The molecule has 0 nitrogen and oxygen atoms in total. The molecule has 9 heavy (non-hydrogen) atoms. The van der Waals surface area contributed by atoms with Gasteiger partial charge in [0.25, 0.3) is 0 Å². The number of allylic oxidation sites excluding steroid dienone is 2. The fourth-order valence-corrected chi connectivity index (χ4v) is 1.44. The van der Waals surface area contributed by atoms with Crippen LogP contribution in [0.2, 0.25) is 0 Å². The normalized spacial score (nSPS) is 20.3. The lowest BCUT2D eigenvalue weighted by Gasteiger charge is -2.02. The van der Waals surface area contributed by atoms with E-state index in [-0.39, 0.29) is 0 Å². The summed E-state index contributed by atoms with van der Waals surface area (Å²) in [6.07, 6.45) is 4.05. The minimum absolute atomic E-state index is 0.884. The van der Waals surface area contributed by atoms with Crippen molar-refractivity contribution in [2.75, 3.05) is 0 Å². The fourth-order valence-electron chi connectivity index (χ4n) is 1.44. The Bertz CT molecular complexity index is 131. The third kappa shape index (κ3) is 1.57. The van der Waals surface area contributed by atoms with E-state index in [2.05, 4.69) is 20.8 Å². The van der Waals surface area contributed by atoms with Crippen LogP contribution in [0.15, 0.2) is 11.1 Å². The van der Waals surface area contributed by atoms with Crippen molar-refractivity contribution in [3.8, 4) is 0 Å². The number of hydrogen-bond donors (Lipinski definition) is 0. The first-order valence-corrected chi connectivity index (χ1v) is 3.94. The maximum atomic E-state index is 2.34. The van der Waals surface area contributed by atoms with Gasteiger partial charge in [-0.05, 0) is 25.7 Å². The van der Waals surface area contributed by atoms with Gasteiger partial charge in [0, 0.05) is 0 Å². The molecule has 52 valence electrons. The van der Waals surface area contributed by atoms with E-state index in [0.717, 1.165) is 5.92 Å². The monoisotopic (exact) mass is 124 g/mol. The first-order chi connectivity index (χ1) is 4.25. The van der Waals surface area contributed by atoms with Gasteiger partial charge in [0.2, 0.25) is 0 Å². The summed E-state index contributed by atoms with van der Waals surface area (Å²) < 4.78 is 0.